The number of hydrogen-bond acceptors (Lipinski definition) is 5. The van der Waals surface area contributed by atoms with Crippen molar-refractivity contribution in [2.45, 2.75) is 31.7 Å². The number of nitrogens with zero attached hydrogens (tertiary/aromatic N) is 2. The zero-order valence-electron chi connectivity index (χ0n) is 16.1. The molecular weight excluding hydrogens is 350 g/mol. The molecule has 27 heavy (non-hydrogen) atoms. The van der Waals surface area contributed by atoms with Gasteiger partial charge in [0.1, 0.15) is 23.6 Å². The third-order valence-electron chi connectivity index (χ3n) is 5.16. The van der Waals surface area contributed by atoms with Crippen molar-refractivity contribution < 1.29 is 23.9 Å². The minimum Gasteiger partial charge on any atom is -0.497 e. The number of urea groups is 1. The molecule has 8 heteroatoms. The summed E-state index contributed by atoms with van der Waals surface area (Å²) in [6.07, 6.45) is 0.779. The normalized spacial score (nSPS) is 21.4. The molecule has 1 atom stereocenters. The van der Waals surface area contributed by atoms with E-state index < -0.39 is 11.6 Å². The van der Waals surface area contributed by atoms with E-state index >= 15 is 0 Å². The van der Waals surface area contributed by atoms with Gasteiger partial charge in [-0.25, -0.2) is 4.79 Å². The summed E-state index contributed by atoms with van der Waals surface area (Å²) >= 11 is 0. The molecule has 4 amide bonds. The second-order valence-electron chi connectivity index (χ2n) is 7.38. The van der Waals surface area contributed by atoms with Crippen molar-refractivity contribution in [3.8, 4) is 11.5 Å². The van der Waals surface area contributed by atoms with Gasteiger partial charge in [0.05, 0.1) is 14.2 Å². The fraction of sp³-hybridized carbons (Fsp3) is 0.526. The Bertz CT molecular complexity index is 777. The van der Waals surface area contributed by atoms with Gasteiger partial charge >= 0.3 is 6.03 Å². The Morgan fingerprint density at radius 2 is 2.00 bits per heavy atom. The predicted octanol–water partition coefficient (Wildman–Crippen LogP) is 1.35. The van der Waals surface area contributed by atoms with Gasteiger partial charge in [0.15, 0.2) is 0 Å². The summed E-state index contributed by atoms with van der Waals surface area (Å²) in [5.74, 6) is 0.980. The first-order valence-electron chi connectivity index (χ1n) is 8.90. The molecule has 1 aromatic rings. The SMILES string of the molecule is COc1ccc(OC)c([C@H]2CCN(C(=O)CN3C(=O)NC(C)(C)C3=O)C2)c1. The van der Waals surface area contributed by atoms with Crippen LogP contribution in [0.5, 0.6) is 11.5 Å². The zero-order valence-corrected chi connectivity index (χ0v) is 16.1. The van der Waals surface area contributed by atoms with Gasteiger partial charge in [-0.1, -0.05) is 0 Å². The Morgan fingerprint density at radius 3 is 2.59 bits per heavy atom. The second kappa shape index (κ2) is 7.09. The van der Waals surface area contributed by atoms with Crippen LogP contribution in [0.1, 0.15) is 31.7 Å². The molecule has 2 aliphatic rings. The third-order valence-corrected chi connectivity index (χ3v) is 5.16. The summed E-state index contributed by atoms with van der Waals surface area (Å²) in [5.41, 5.74) is 0.0158. The fourth-order valence-electron chi connectivity index (χ4n) is 3.60. The lowest BCUT2D eigenvalue weighted by Crippen LogP contribution is -2.44. The highest BCUT2D eigenvalue weighted by molar-refractivity contribution is 6.08. The zero-order chi connectivity index (χ0) is 19.8. The lowest BCUT2D eigenvalue weighted by atomic mass is 9.97. The predicted molar refractivity (Wildman–Crippen MR) is 97.8 cm³/mol. The molecule has 0 saturated carbocycles. The summed E-state index contributed by atoms with van der Waals surface area (Å²) in [4.78, 5) is 39.6. The standard InChI is InChI=1S/C19H25N3O5/c1-19(2)17(24)22(18(25)20-19)11-16(23)21-8-7-12(10-21)14-9-13(26-3)5-6-15(14)27-4/h5-6,9,12H,7-8,10-11H2,1-4H3,(H,20,25)/t12-/m0/s1. The molecule has 0 aliphatic carbocycles. The smallest absolute Gasteiger partial charge is 0.325 e. The maximum atomic E-state index is 12.7. The van der Waals surface area contributed by atoms with Crippen LogP contribution < -0.4 is 14.8 Å². The van der Waals surface area contributed by atoms with E-state index in [0.29, 0.717) is 13.1 Å². The third kappa shape index (κ3) is 3.56. The molecule has 1 aromatic carbocycles. The Kier molecular flexibility index (Phi) is 4.99. The van der Waals surface area contributed by atoms with E-state index in [-0.39, 0.29) is 24.3 Å². The maximum Gasteiger partial charge on any atom is 0.325 e. The van der Waals surface area contributed by atoms with Crippen LogP contribution in [-0.2, 0) is 9.59 Å². The maximum absolute atomic E-state index is 12.7. The van der Waals surface area contributed by atoms with Gasteiger partial charge in [0.25, 0.3) is 5.91 Å². The van der Waals surface area contributed by atoms with Crippen LogP contribution in [0.15, 0.2) is 18.2 Å². The highest BCUT2D eigenvalue weighted by Gasteiger charge is 2.45. The first kappa shape index (κ1) is 19.0. The summed E-state index contributed by atoms with van der Waals surface area (Å²) in [6.45, 7) is 4.08. The Labute approximate surface area is 158 Å². The van der Waals surface area contributed by atoms with Crippen LogP contribution in [0.2, 0.25) is 0 Å². The first-order chi connectivity index (χ1) is 12.8. The second-order valence-corrected chi connectivity index (χ2v) is 7.38. The van der Waals surface area contributed by atoms with E-state index in [0.717, 1.165) is 28.4 Å². The highest BCUT2D eigenvalue weighted by Crippen LogP contribution is 2.36. The molecule has 2 aliphatic heterocycles. The molecule has 0 unspecified atom stereocenters. The minimum atomic E-state index is -0.973. The summed E-state index contributed by atoms with van der Waals surface area (Å²) < 4.78 is 10.7. The molecule has 0 aromatic heterocycles. The summed E-state index contributed by atoms with van der Waals surface area (Å²) in [7, 11) is 3.22. The van der Waals surface area contributed by atoms with Crippen LogP contribution in [-0.4, -0.2) is 67.0 Å². The number of ether oxygens (including phenoxy) is 2. The van der Waals surface area contributed by atoms with Crippen molar-refractivity contribution in [1.29, 1.82) is 0 Å². The summed E-state index contributed by atoms with van der Waals surface area (Å²) in [5, 5.41) is 2.59. The van der Waals surface area contributed by atoms with Gasteiger partial charge in [-0.2, -0.15) is 0 Å². The number of hydrogen-bond donors (Lipinski definition) is 1. The van der Waals surface area contributed by atoms with Crippen molar-refractivity contribution in [1.82, 2.24) is 15.1 Å². The average molecular weight is 375 g/mol. The molecule has 0 radical (unpaired) electrons. The van der Waals surface area contributed by atoms with Crippen LogP contribution in [0.3, 0.4) is 0 Å². The number of rotatable bonds is 5. The molecule has 0 spiro atoms. The lowest BCUT2D eigenvalue weighted by molar-refractivity contribution is -0.137. The van der Waals surface area contributed by atoms with Crippen molar-refractivity contribution in [3.63, 3.8) is 0 Å². The number of benzene rings is 1. The molecule has 0 bridgehead atoms. The van der Waals surface area contributed by atoms with Crippen molar-refractivity contribution in [2.24, 2.45) is 0 Å². The quantitative estimate of drug-likeness (QED) is 0.785. The van der Waals surface area contributed by atoms with E-state index in [1.54, 1.807) is 33.0 Å². The minimum absolute atomic E-state index is 0.110. The van der Waals surface area contributed by atoms with Gasteiger partial charge < -0.3 is 19.7 Å². The molecule has 2 fully saturated rings. The van der Waals surface area contributed by atoms with Gasteiger partial charge in [-0.3, -0.25) is 14.5 Å². The van der Waals surface area contributed by atoms with Crippen LogP contribution in [0.25, 0.3) is 0 Å². The molecule has 2 saturated heterocycles. The number of carbonyl (C=O) groups excluding carboxylic acids is 3. The molecule has 2 heterocycles. The highest BCUT2D eigenvalue weighted by atomic mass is 16.5. The number of carbonyl (C=O) groups is 3. The topological polar surface area (TPSA) is 88.2 Å². The van der Waals surface area contributed by atoms with E-state index in [2.05, 4.69) is 5.32 Å². The van der Waals surface area contributed by atoms with Crippen LogP contribution in [0, 0.1) is 0 Å². The number of methoxy groups -OCH3 is 2. The van der Waals surface area contributed by atoms with Crippen LogP contribution in [0.4, 0.5) is 4.79 Å². The van der Waals surface area contributed by atoms with Gasteiger partial charge in [-0.15, -0.1) is 0 Å². The molecule has 8 nitrogen and oxygen atoms in total. The first-order valence-corrected chi connectivity index (χ1v) is 8.90. The lowest BCUT2D eigenvalue weighted by Gasteiger charge is -2.21. The van der Waals surface area contributed by atoms with Crippen molar-refractivity contribution >= 4 is 17.8 Å². The van der Waals surface area contributed by atoms with Gasteiger partial charge in [0.2, 0.25) is 5.91 Å². The van der Waals surface area contributed by atoms with E-state index in [1.165, 1.54) is 0 Å². The van der Waals surface area contributed by atoms with Gasteiger partial charge in [-0.05, 0) is 38.5 Å². The Morgan fingerprint density at radius 1 is 1.26 bits per heavy atom. The Balaban J connectivity index is 1.69. The fourth-order valence-corrected chi connectivity index (χ4v) is 3.60. The largest absolute Gasteiger partial charge is 0.497 e. The number of nitrogens with one attached hydrogen (secondary N) is 1. The summed E-state index contributed by atoms with van der Waals surface area (Å²) in [6, 6.07) is 5.09. The van der Waals surface area contributed by atoms with Gasteiger partial charge in [0, 0.05) is 24.6 Å². The molecule has 3 rings (SSSR count). The number of imide groups is 1. The van der Waals surface area contributed by atoms with Crippen LogP contribution >= 0.6 is 0 Å². The number of likely N-dealkylation sites (tertiary alicyclic amines) is 1. The molecular formula is C19H25N3O5. The monoisotopic (exact) mass is 375 g/mol. The Hall–Kier alpha value is -2.77. The van der Waals surface area contributed by atoms with E-state index in [9.17, 15) is 14.4 Å². The van der Waals surface area contributed by atoms with Crippen molar-refractivity contribution in [2.75, 3.05) is 33.9 Å². The van der Waals surface area contributed by atoms with Crippen molar-refractivity contribution in [3.05, 3.63) is 23.8 Å². The van der Waals surface area contributed by atoms with E-state index in [1.807, 2.05) is 18.2 Å². The van der Waals surface area contributed by atoms with E-state index in [4.69, 9.17) is 9.47 Å². The average Bonchev–Trinajstić information content (AvgIpc) is 3.20. The molecule has 146 valence electrons. The number of amides is 4. The molecule has 1 N–H and O–H groups in total.